The summed E-state index contributed by atoms with van der Waals surface area (Å²) in [4.78, 5) is 8.76. The number of aromatic nitrogens is 3. The van der Waals surface area contributed by atoms with Gasteiger partial charge in [-0.1, -0.05) is 54.6 Å². The highest BCUT2D eigenvalue weighted by Gasteiger charge is 2.10. The maximum atomic E-state index is 8.98. The average Bonchev–Trinajstić information content (AvgIpc) is 2.97. The lowest BCUT2D eigenvalue weighted by Gasteiger charge is -2.08. The third-order valence-electron chi connectivity index (χ3n) is 4.32. The molecule has 0 amide bonds. The average molecular weight is 324 g/mol. The number of imidazole rings is 1. The van der Waals surface area contributed by atoms with Gasteiger partial charge >= 0.3 is 0 Å². The fourth-order valence-electron chi connectivity index (χ4n) is 3.00. The Hall–Kier alpha value is -3.45. The zero-order valence-corrected chi connectivity index (χ0v) is 13.8. The van der Waals surface area contributed by atoms with Gasteiger partial charge in [0.2, 0.25) is 0 Å². The van der Waals surface area contributed by atoms with Crippen LogP contribution in [0.15, 0.2) is 66.7 Å². The highest BCUT2D eigenvalue weighted by Crippen LogP contribution is 2.21. The van der Waals surface area contributed by atoms with Crippen LogP contribution < -0.4 is 0 Å². The Morgan fingerprint density at radius 1 is 0.880 bits per heavy atom. The fourth-order valence-corrected chi connectivity index (χ4v) is 3.00. The minimum Gasteiger partial charge on any atom is -0.322 e. The number of benzene rings is 2. The Morgan fingerprint density at radius 2 is 1.60 bits per heavy atom. The summed E-state index contributed by atoms with van der Waals surface area (Å²) in [5.41, 5.74) is 5.58. The van der Waals surface area contributed by atoms with Gasteiger partial charge in [-0.2, -0.15) is 5.26 Å². The quantitative estimate of drug-likeness (QED) is 0.564. The van der Waals surface area contributed by atoms with Crippen LogP contribution in [0.1, 0.15) is 17.1 Å². The Labute approximate surface area is 146 Å². The molecule has 4 heteroatoms. The topological polar surface area (TPSA) is 54.5 Å². The molecule has 0 atom stereocenters. The number of nitriles is 1. The number of fused-ring (bicyclic) bond motifs is 1. The van der Waals surface area contributed by atoms with Crippen molar-refractivity contribution in [2.45, 2.75) is 13.5 Å². The molecule has 0 radical (unpaired) electrons. The van der Waals surface area contributed by atoms with Crippen LogP contribution in [0.3, 0.4) is 0 Å². The first-order valence-corrected chi connectivity index (χ1v) is 8.13. The molecule has 0 N–H and O–H groups in total. The monoisotopic (exact) mass is 324 g/mol. The second-order valence-corrected chi connectivity index (χ2v) is 5.96. The van der Waals surface area contributed by atoms with E-state index in [-0.39, 0.29) is 0 Å². The van der Waals surface area contributed by atoms with E-state index < -0.39 is 0 Å². The van der Waals surface area contributed by atoms with Gasteiger partial charge < -0.3 is 4.57 Å². The summed E-state index contributed by atoms with van der Waals surface area (Å²) in [7, 11) is 0. The Bertz CT molecular complexity index is 1070. The highest BCUT2D eigenvalue weighted by molar-refractivity contribution is 5.72. The van der Waals surface area contributed by atoms with E-state index >= 15 is 0 Å². The molecule has 4 aromatic rings. The second-order valence-electron chi connectivity index (χ2n) is 5.96. The van der Waals surface area contributed by atoms with Gasteiger partial charge in [-0.05, 0) is 35.7 Å². The van der Waals surface area contributed by atoms with Crippen molar-refractivity contribution in [2.24, 2.45) is 0 Å². The molecule has 0 spiro atoms. The predicted molar refractivity (Wildman–Crippen MR) is 98.0 cm³/mol. The summed E-state index contributed by atoms with van der Waals surface area (Å²) in [6, 6.07) is 24.6. The number of nitrogens with zero attached hydrogens (tertiary/aromatic N) is 4. The summed E-state index contributed by atoms with van der Waals surface area (Å²) in [6.45, 7) is 2.69. The minimum absolute atomic E-state index is 0.393. The number of hydrogen-bond acceptors (Lipinski definition) is 3. The normalized spacial score (nSPS) is 10.7. The molecule has 2 aromatic heterocycles. The molecule has 0 saturated carbocycles. The molecule has 0 unspecified atom stereocenters. The van der Waals surface area contributed by atoms with Crippen molar-refractivity contribution in [3.05, 3.63) is 83.8 Å². The smallest absolute Gasteiger partial charge is 0.179 e. The van der Waals surface area contributed by atoms with Gasteiger partial charge in [0.1, 0.15) is 17.6 Å². The predicted octanol–water partition coefficient (Wildman–Crippen LogP) is 4.33. The van der Waals surface area contributed by atoms with Crippen LogP contribution in [-0.2, 0) is 6.54 Å². The second kappa shape index (κ2) is 6.21. The van der Waals surface area contributed by atoms with E-state index in [4.69, 9.17) is 5.26 Å². The summed E-state index contributed by atoms with van der Waals surface area (Å²) in [6.07, 6.45) is 0. The fraction of sp³-hybridized carbons (Fsp3) is 0.0952. The van der Waals surface area contributed by atoms with Gasteiger partial charge in [-0.15, -0.1) is 0 Å². The number of rotatable bonds is 3. The molecule has 0 aliphatic carbocycles. The molecule has 0 saturated heterocycles. The van der Waals surface area contributed by atoms with Gasteiger partial charge in [0.25, 0.3) is 0 Å². The molecular formula is C21H16N4. The van der Waals surface area contributed by atoms with Crippen LogP contribution >= 0.6 is 0 Å². The molecular weight excluding hydrogens is 308 g/mol. The molecule has 25 heavy (non-hydrogen) atoms. The third kappa shape index (κ3) is 2.88. The summed E-state index contributed by atoms with van der Waals surface area (Å²) < 4.78 is 2.13. The van der Waals surface area contributed by atoms with E-state index in [2.05, 4.69) is 57.0 Å². The molecule has 120 valence electrons. The Morgan fingerprint density at radius 3 is 2.32 bits per heavy atom. The summed E-state index contributed by atoms with van der Waals surface area (Å²) in [5.74, 6) is 0.893. The lowest BCUT2D eigenvalue weighted by atomic mass is 10.0. The zero-order chi connectivity index (χ0) is 17.2. The van der Waals surface area contributed by atoms with Crippen LogP contribution in [0, 0.1) is 18.3 Å². The maximum absolute atomic E-state index is 8.98. The first-order chi connectivity index (χ1) is 12.2. The number of hydrogen-bond donors (Lipinski definition) is 0. The lowest BCUT2D eigenvalue weighted by Crippen LogP contribution is -2.02. The molecule has 4 rings (SSSR count). The van der Waals surface area contributed by atoms with Crippen LogP contribution in [0.4, 0.5) is 0 Å². The van der Waals surface area contributed by atoms with Crippen LogP contribution in [0.25, 0.3) is 22.3 Å². The Balaban J connectivity index is 1.65. The standard InChI is InChI=1S/C21H16N4/c1-15-23-21-20(12-11-19(13-22)24-21)25(15)14-16-7-9-18(10-8-16)17-5-3-2-4-6-17/h2-12H,14H2,1H3. The van der Waals surface area contributed by atoms with Crippen molar-refractivity contribution in [1.29, 1.82) is 5.26 Å². The summed E-state index contributed by atoms with van der Waals surface area (Å²) >= 11 is 0. The molecule has 2 aromatic carbocycles. The van der Waals surface area contributed by atoms with E-state index in [1.54, 1.807) is 6.07 Å². The van der Waals surface area contributed by atoms with Crippen molar-refractivity contribution in [1.82, 2.24) is 14.5 Å². The third-order valence-corrected chi connectivity index (χ3v) is 4.32. The van der Waals surface area contributed by atoms with Gasteiger partial charge in [-0.3, -0.25) is 0 Å². The zero-order valence-electron chi connectivity index (χ0n) is 13.8. The molecule has 0 fully saturated rings. The van der Waals surface area contributed by atoms with Crippen molar-refractivity contribution >= 4 is 11.2 Å². The van der Waals surface area contributed by atoms with Gasteiger partial charge in [0.15, 0.2) is 5.65 Å². The maximum Gasteiger partial charge on any atom is 0.179 e. The van der Waals surface area contributed by atoms with Gasteiger partial charge in [-0.25, -0.2) is 9.97 Å². The van der Waals surface area contributed by atoms with Crippen molar-refractivity contribution in [2.75, 3.05) is 0 Å². The van der Waals surface area contributed by atoms with E-state index in [0.717, 1.165) is 17.9 Å². The lowest BCUT2D eigenvalue weighted by molar-refractivity contribution is 0.786. The van der Waals surface area contributed by atoms with Crippen LogP contribution in [-0.4, -0.2) is 14.5 Å². The Kier molecular flexibility index (Phi) is 3.75. The molecule has 0 aliphatic heterocycles. The summed E-state index contributed by atoms with van der Waals surface area (Å²) in [5, 5.41) is 8.98. The van der Waals surface area contributed by atoms with E-state index in [0.29, 0.717) is 11.3 Å². The molecule has 0 bridgehead atoms. The number of aryl methyl sites for hydroxylation is 1. The SMILES string of the molecule is Cc1nc2nc(C#N)ccc2n1Cc1ccc(-c2ccccc2)cc1. The first kappa shape index (κ1) is 15.1. The molecule has 0 aliphatic rings. The molecule has 2 heterocycles. The number of pyridine rings is 1. The van der Waals surface area contributed by atoms with Crippen LogP contribution in [0.5, 0.6) is 0 Å². The van der Waals surface area contributed by atoms with E-state index in [1.165, 1.54) is 16.7 Å². The van der Waals surface area contributed by atoms with Crippen molar-refractivity contribution < 1.29 is 0 Å². The first-order valence-electron chi connectivity index (χ1n) is 8.13. The van der Waals surface area contributed by atoms with Crippen LogP contribution in [0.2, 0.25) is 0 Å². The minimum atomic E-state index is 0.393. The van der Waals surface area contributed by atoms with Crippen molar-refractivity contribution in [3.8, 4) is 17.2 Å². The van der Waals surface area contributed by atoms with E-state index in [9.17, 15) is 0 Å². The van der Waals surface area contributed by atoms with Gasteiger partial charge in [0.05, 0.1) is 5.52 Å². The molecule has 4 nitrogen and oxygen atoms in total. The van der Waals surface area contributed by atoms with E-state index in [1.807, 2.05) is 31.2 Å². The largest absolute Gasteiger partial charge is 0.322 e. The highest BCUT2D eigenvalue weighted by atomic mass is 15.1. The van der Waals surface area contributed by atoms with Gasteiger partial charge in [0, 0.05) is 6.54 Å². The van der Waals surface area contributed by atoms with Crippen molar-refractivity contribution in [3.63, 3.8) is 0 Å².